The molecule has 0 bridgehead atoms. The maximum absolute atomic E-state index is 13.9. The number of likely N-dealkylation sites (tertiary alicyclic amines) is 1. The van der Waals surface area contributed by atoms with E-state index < -0.39 is 23.1 Å². The molecule has 0 saturated carbocycles. The van der Waals surface area contributed by atoms with Crippen LogP contribution in [0.25, 0.3) is 0 Å². The average Bonchev–Trinajstić information content (AvgIpc) is 3.34. The number of hydroxylamine groups is 1. The van der Waals surface area contributed by atoms with E-state index in [2.05, 4.69) is 0 Å². The Balaban J connectivity index is 1.52. The summed E-state index contributed by atoms with van der Waals surface area (Å²) in [6.45, 7) is 5.69. The van der Waals surface area contributed by atoms with Crippen molar-refractivity contribution in [1.29, 1.82) is 0 Å². The van der Waals surface area contributed by atoms with Crippen LogP contribution in [0, 0.1) is 23.1 Å². The topological polar surface area (TPSA) is 89.9 Å². The van der Waals surface area contributed by atoms with Crippen molar-refractivity contribution in [2.75, 3.05) is 19.6 Å². The fourth-order valence-corrected chi connectivity index (χ4v) is 5.90. The van der Waals surface area contributed by atoms with Gasteiger partial charge in [0.15, 0.2) is 0 Å². The van der Waals surface area contributed by atoms with Crippen molar-refractivity contribution in [3.05, 3.63) is 71.0 Å². The molecule has 0 radical (unpaired) electrons. The third-order valence-electron chi connectivity index (χ3n) is 7.56. The van der Waals surface area contributed by atoms with Crippen LogP contribution < -0.4 is 5.48 Å². The molecular formula is C28H34FN3O4. The van der Waals surface area contributed by atoms with E-state index in [9.17, 15) is 24.0 Å². The van der Waals surface area contributed by atoms with Gasteiger partial charge in [0.25, 0.3) is 5.91 Å². The highest BCUT2D eigenvalue weighted by atomic mass is 19.1. The molecule has 2 N–H and O–H groups in total. The molecule has 0 aromatic heterocycles. The molecular weight excluding hydrogens is 461 g/mol. The Kier molecular flexibility index (Phi) is 7.73. The van der Waals surface area contributed by atoms with Crippen molar-refractivity contribution in [2.24, 2.45) is 17.3 Å². The molecule has 8 heteroatoms. The Bertz CT molecular complexity index is 1120. The van der Waals surface area contributed by atoms with Crippen LogP contribution >= 0.6 is 0 Å². The normalized spacial score (nSPS) is 20.2. The number of nitrogens with zero attached hydrogens (tertiary/aromatic N) is 2. The van der Waals surface area contributed by atoms with Crippen LogP contribution in [0.3, 0.4) is 0 Å². The fraction of sp³-hybridized carbons (Fsp3) is 0.464. The molecule has 2 atom stereocenters. The van der Waals surface area contributed by atoms with Crippen molar-refractivity contribution >= 4 is 17.7 Å². The summed E-state index contributed by atoms with van der Waals surface area (Å²) in [6.07, 6.45) is 1.96. The first-order valence-electron chi connectivity index (χ1n) is 12.6. The fourth-order valence-electron chi connectivity index (χ4n) is 5.90. The maximum atomic E-state index is 13.9. The zero-order valence-corrected chi connectivity index (χ0v) is 20.9. The molecule has 1 saturated heterocycles. The van der Waals surface area contributed by atoms with Gasteiger partial charge in [0.1, 0.15) is 5.82 Å². The van der Waals surface area contributed by atoms with Crippen LogP contribution in [0.2, 0.25) is 0 Å². The lowest BCUT2D eigenvalue weighted by atomic mass is 9.67. The van der Waals surface area contributed by atoms with Gasteiger partial charge in [-0.1, -0.05) is 50.2 Å². The lowest BCUT2D eigenvalue weighted by Gasteiger charge is -2.37. The number of hydrogen-bond donors (Lipinski definition) is 2. The Morgan fingerprint density at radius 1 is 1.11 bits per heavy atom. The van der Waals surface area contributed by atoms with Crippen molar-refractivity contribution in [3.63, 3.8) is 0 Å². The van der Waals surface area contributed by atoms with Crippen LogP contribution in [-0.2, 0) is 22.6 Å². The van der Waals surface area contributed by atoms with Gasteiger partial charge in [0, 0.05) is 31.7 Å². The molecule has 0 unspecified atom stereocenters. The number of halogens is 1. The second kappa shape index (κ2) is 10.8. The van der Waals surface area contributed by atoms with Gasteiger partial charge >= 0.3 is 0 Å². The van der Waals surface area contributed by atoms with Crippen LogP contribution in [0.15, 0.2) is 48.5 Å². The maximum Gasteiger partial charge on any atom is 0.254 e. The van der Waals surface area contributed by atoms with Crippen molar-refractivity contribution in [3.8, 4) is 0 Å². The Labute approximate surface area is 211 Å². The quantitative estimate of drug-likeness (QED) is 0.388. The first-order valence-corrected chi connectivity index (χ1v) is 12.6. The van der Waals surface area contributed by atoms with Crippen molar-refractivity contribution in [1.82, 2.24) is 15.3 Å². The molecule has 7 nitrogen and oxygen atoms in total. The summed E-state index contributed by atoms with van der Waals surface area (Å²) in [5.74, 6) is -2.08. The second-order valence-electron chi connectivity index (χ2n) is 10.4. The molecule has 2 aromatic carbocycles. The van der Waals surface area contributed by atoms with E-state index in [1.54, 1.807) is 16.4 Å². The zero-order chi connectivity index (χ0) is 25.9. The zero-order valence-electron chi connectivity index (χ0n) is 20.9. The van der Waals surface area contributed by atoms with E-state index in [1.165, 1.54) is 12.1 Å². The monoisotopic (exact) mass is 495 g/mol. The van der Waals surface area contributed by atoms with Gasteiger partial charge in [-0.3, -0.25) is 19.6 Å². The number of benzene rings is 2. The minimum atomic E-state index is -0.959. The van der Waals surface area contributed by atoms with E-state index in [1.807, 2.05) is 49.1 Å². The highest BCUT2D eigenvalue weighted by Gasteiger charge is 2.54. The Morgan fingerprint density at radius 3 is 2.56 bits per heavy atom. The standard InChI is InChI=1S/C28H34FN3O4/c1-19(2)17-28(12-15-31(27(28)35)13-10-20-6-4-3-5-7-20)24(25(33)30-36)11-14-32-18-21-8-9-22(29)16-23(21)26(32)34/h3-9,16,19,24,36H,10-15,17-18H2,1-2H3,(H,30,33)/t24-,28+/m0/s1. The smallest absolute Gasteiger partial charge is 0.254 e. The minimum absolute atomic E-state index is 0.0705. The van der Waals surface area contributed by atoms with E-state index in [-0.39, 0.29) is 30.7 Å². The Morgan fingerprint density at radius 2 is 1.86 bits per heavy atom. The van der Waals surface area contributed by atoms with E-state index >= 15 is 0 Å². The molecule has 4 rings (SSSR count). The minimum Gasteiger partial charge on any atom is -0.342 e. The van der Waals surface area contributed by atoms with Gasteiger partial charge < -0.3 is 9.80 Å². The van der Waals surface area contributed by atoms with E-state index in [0.29, 0.717) is 38.0 Å². The number of fused-ring (bicyclic) bond motifs is 1. The predicted molar refractivity (Wildman–Crippen MR) is 132 cm³/mol. The molecule has 2 aliphatic heterocycles. The SMILES string of the molecule is CC(C)C[C@@]1([C@@H](CCN2Cc3ccc(F)cc3C2=O)C(=O)NO)CCN(CCc2ccccc2)C1=O. The summed E-state index contributed by atoms with van der Waals surface area (Å²) in [4.78, 5) is 43.1. The summed E-state index contributed by atoms with van der Waals surface area (Å²) in [7, 11) is 0. The molecule has 3 amide bonds. The summed E-state index contributed by atoms with van der Waals surface area (Å²) in [5.41, 5.74) is 3.04. The summed E-state index contributed by atoms with van der Waals surface area (Å²) < 4.78 is 13.7. The number of carbonyl (C=O) groups excluding carboxylic acids is 3. The molecule has 1 fully saturated rings. The van der Waals surface area contributed by atoms with Gasteiger partial charge in [-0.2, -0.15) is 0 Å². The number of carbonyl (C=O) groups is 3. The first kappa shape index (κ1) is 25.8. The van der Waals surface area contributed by atoms with Crippen LogP contribution in [-0.4, -0.2) is 52.4 Å². The molecule has 36 heavy (non-hydrogen) atoms. The number of rotatable bonds is 10. The third-order valence-corrected chi connectivity index (χ3v) is 7.56. The van der Waals surface area contributed by atoms with Crippen LogP contribution in [0.4, 0.5) is 4.39 Å². The molecule has 2 heterocycles. The largest absolute Gasteiger partial charge is 0.342 e. The molecule has 2 aromatic rings. The summed E-state index contributed by atoms with van der Waals surface area (Å²) >= 11 is 0. The van der Waals surface area contributed by atoms with Crippen molar-refractivity contribution < 1.29 is 24.0 Å². The third kappa shape index (κ3) is 5.14. The average molecular weight is 496 g/mol. The summed E-state index contributed by atoms with van der Waals surface area (Å²) in [6, 6.07) is 14.1. The highest BCUT2D eigenvalue weighted by molar-refractivity contribution is 5.98. The van der Waals surface area contributed by atoms with Gasteiger partial charge in [-0.05, 0) is 54.9 Å². The lowest BCUT2D eigenvalue weighted by molar-refractivity contribution is -0.150. The van der Waals surface area contributed by atoms with E-state index in [0.717, 1.165) is 17.5 Å². The first-order chi connectivity index (χ1) is 17.2. The molecule has 192 valence electrons. The van der Waals surface area contributed by atoms with Gasteiger partial charge in [-0.15, -0.1) is 0 Å². The molecule has 0 spiro atoms. The lowest BCUT2D eigenvalue weighted by Crippen LogP contribution is -2.48. The van der Waals surface area contributed by atoms with Gasteiger partial charge in [0.05, 0.1) is 11.3 Å². The number of amides is 3. The van der Waals surface area contributed by atoms with Gasteiger partial charge in [0.2, 0.25) is 11.8 Å². The number of hydrogen-bond acceptors (Lipinski definition) is 4. The highest BCUT2D eigenvalue weighted by Crippen LogP contribution is 2.46. The van der Waals surface area contributed by atoms with Crippen LogP contribution in [0.5, 0.6) is 0 Å². The molecule has 2 aliphatic rings. The summed E-state index contributed by atoms with van der Waals surface area (Å²) in [5, 5.41) is 9.59. The van der Waals surface area contributed by atoms with Crippen LogP contribution in [0.1, 0.15) is 54.6 Å². The second-order valence-corrected chi connectivity index (χ2v) is 10.4. The number of nitrogens with one attached hydrogen (secondary N) is 1. The van der Waals surface area contributed by atoms with Crippen molar-refractivity contribution in [2.45, 2.75) is 46.1 Å². The Hall–Kier alpha value is -3.26. The van der Waals surface area contributed by atoms with E-state index in [4.69, 9.17) is 0 Å². The van der Waals surface area contributed by atoms with Gasteiger partial charge in [-0.25, -0.2) is 9.87 Å². The predicted octanol–water partition coefficient (Wildman–Crippen LogP) is 3.80. The molecule has 0 aliphatic carbocycles.